The molecular formula is C12H20BrNO4. The zero-order valence-electron chi connectivity index (χ0n) is 11.2. The van der Waals surface area contributed by atoms with Crippen LogP contribution in [0.3, 0.4) is 0 Å². The second-order valence-corrected chi connectivity index (χ2v) is 6.53. The van der Waals surface area contributed by atoms with Gasteiger partial charge in [0.2, 0.25) is 0 Å². The van der Waals surface area contributed by atoms with Gasteiger partial charge in [-0.3, -0.25) is 4.90 Å². The molecule has 1 amide bonds. The van der Waals surface area contributed by atoms with Crippen LogP contribution in [0.4, 0.5) is 4.79 Å². The lowest BCUT2D eigenvalue weighted by atomic mass is 10.2. The summed E-state index contributed by atoms with van der Waals surface area (Å²) in [5.74, 6) is -0.370. The molecule has 1 rings (SSSR count). The van der Waals surface area contributed by atoms with Crippen molar-refractivity contribution in [2.24, 2.45) is 0 Å². The van der Waals surface area contributed by atoms with E-state index in [9.17, 15) is 9.59 Å². The number of rotatable bonds is 2. The van der Waals surface area contributed by atoms with Crippen LogP contribution in [0.2, 0.25) is 0 Å². The first kappa shape index (κ1) is 15.3. The zero-order valence-corrected chi connectivity index (χ0v) is 12.8. The van der Waals surface area contributed by atoms with Crippen LogP contribution < -0.4 is 0 Å². The van der Waals surface area contributed by atoms with Crippen LogP contribution in [0.1, 0.15) is 34.1 Å². The molecule has 0 aromatic heterocycles. The van der Waals surface area contributed by atoms with Crippen molar-refractivity contribution in [2.75, 3.05) is 13.2 Å². The molecule has 1 heterocycles. The van der Waals surface area contributed by atoms with E-state index in [4.69, 9.17) is 9.47 Å². The van der Waals surface area contributed by atoms with Gasteiger partial charge in [0.1, 0.15) is 11.6 Å². The first-order chi connectivity index (χ1) is 8.24. The molecule has 18 heavy (non-hydrogen) atoms. The number of carbonyl (C=O) groups is 2. The number of carbonyl (C=O) groups excluding carboxylic acids is 2. The predicted octanol–water partition coefficient (Wildman–Crippen LogP) is 2.32. The molecule has 1 aliphatic heterocycles. The molecule has 0 spiro atoms. The summed E-state index contributed by atoms with van der Waals surface area (Å²) < 4.78 is 10.3. The fraction of sp³-hybridized carbons (Fsp3) is 0.833. The Hall–Kier alpha value is -0.780. The maximum atomic E-state index is 12.0. The first-order valence-electron chi connectivity index (χ1n) is 6.05. The smallest absolute Gasteiger partial charge is 0.411 e. The Morgan fingerprint density at radius 1 is 1.39 bits per heavy atom. The van der Waals surface area contributed by atoms with E-state index >= 15 is 0 Å². The number of likely N-dealkylation sites (tertiary alicyclic amines) is 1. The zero-order chi connectivity index (χ0) is 13.9. The molecular weight excluding hydrogens is 302 g/mol. The number of nitrogens with zero attached hydrogens (tertiary/aromatic N) is 1. The number of esters is 1. The number of halogens is 1. The van der Waals surface area contributed by atoms with Crippen LogP contribution in [0.25, 0.3) is 0 Å². The summed E-state index contributed by atoms with van der Waals surface area (Å²) in [6, 6.07) is -0.552. The molecule has 104 valence electrons. The van der Waals surface area contributed by atoms with E-state index < -0.39 is 17.7 Å². The maximum Gasteiger partial charge on any atom is 0.411 e. The van der Waals surface area contributed by atoms with Gasteiger partial charge in [0, 0.05) is 11.4 Å². The van der Waals surface area contributed by atoms with Gasteiger partial charge in [0.25, 0.3) is 0 Å². The quantitative estimate of drug-likeness (QED) is 0.578. The third-order valence-corrected chi connectivity index (χ3v) is 3.10. The third kappa shape index (κ3) is 4.15. The second-order valence-electron chi connectivity index (χ2n) is 5.23. The van der Waals surface area contributed by atoms with Crippen LogP contribution in [0.15, 0.2) is 0 Å². The molecule has 6 heteroatoms. The van der Waals surface area contributed by atoms with Crippen LogP contribution in [-0.4, -0.2) is 46.6 Å². The Kier molecular flexibility index (Phi) is 5.01. The molecule has 1 unspecified atom stereocenters. The van der Waals surface area contributed by atoms with Gasteiger partial charge >= 0.3 is 12.1 Å². The number of ether oxygens (including phenoxy) is 2. The van der Waals surface area contributed by atoms with Gasteiger partial charge in [-0.15, -0.1) is 0 Å². The largest absolute Gasteiger partial charge is 0.464 e. The Morgan fingerprint density at radius 3 is 2.50 bits per heavy atom. The molecule has 1 aliphatic rings. The molecule has 0 aromatic rings. The van der Waals surface area contributed by atoms with Gasteiger partial charge in [-0.1, -0.05) is 15.9 Å². The Labute approximate surface area is 116 Å². The van der Waals surface area contributed by atoms with Crippen molar-refractivity contribution in [1.82, 2.24) is 4.90 Å². The Balaban J connectivity index is 2.72. The van der Waals surface area contributed by atoms with Crippen molar-refractivity contribution in [2.45, 2.75) is 50.6 Å². The van der Waals surface area contributed by atoms with Gasteiger partial charge in [-0.05, 0) is 34.1 Å². The molecule has 0 saturated carbocycles. The molecule has 0 bridgehead atoms. The lowest BCUT2D eigenvalue weighted by molar-refractivity contribution is -0.148. The summed E-state index contributed by atoms with van der Waals surface area (Å²) in [5.41, 5.74) is -0.569. The summed E-state index contributed by atoms with van der Waals surface area (Å²) in [7, 11) is 0. The molecule has 1 saturated heterocycles. The fourth-order valence-corrected chi connectivity index (χ4v) is 2.44. The normalized spacial score (nSPS) is 23.9. The maximum absolute atomic E-state index is 12.0. The van der Waals surface area contributed by atoms with Gasteiger partial charge in [0.15, 0.2) is 0 Å². The first-order valence-corrected chi connectivity index (χ1v) is 6.96. The average molecular weight is 322 g/mol. The minimum Gasteiger partial charge on any atom is -0.464 e. The highest BCUT2D eigenvalue weighted by Gasteiger charge is 2.41. The highest BCUT2D eigenvalue weighted by Crippen LogP contribution is 2.26. The van der Waals surface area contributed by atoms with E-state index in [2.05, 4.69) is 15.9 Å². The molecule has 2 atom stereocenters. The van der Waals surface area contributed by atoms with Gasteiger partial charge < -0.3 is 9.47 Å². The number of hydrogen-bond donors (Lipinski definition) is 0. The van der Waals surface area contributed by atoms with Crippen molar-refractivity contribution in [1.29, 1.82) is 0 Å². The summed E-state index contributed by atoms with van der Waals surface area (Å²) in [6.45, 7) is 7.91. The van der Waals surface area contributed by atoms with E-state index in [0.717, 1.165) is 0 Å². The average Bonchev–Trinajstić information content (AvgIpc) is 2.58. The molecule has 0 aliphatic carbocycles. The SMILES string of the molecule is CCOC(=O)C1C[C@H](Br)CN1C(=O)OC(C)(C)C. The van der Waals surface area contributed by atoms with Gasteiger partial charge in [-0.2, -0.15) is 0 Å². The summed E-state index contributed by atoms with van der Waals surface area (Å²) >= 11 is 3.43. The van der Waals surface area contributed by atoms with E-state index in [0.29, 0.717) is 19.6 Å². The van der Waals surface area contributed by atoms with Crippen LogP contribution in [0, 0.1) is 0 Å². The fourth-order valence-electron chi connectivity index (χ4n) is 1.77. The minimum absolute atomic E-state index is 0.0967. The molecule has 5 nitrogen and oxygen atoms in total. The molecule has 1 fully saturated rings. The summed E-state index contributed by atoms with van der Waals surface area (Å²) in [6.07, 6.45) is 0.0837. The molecule has 0 radical (unpaired) electrons. The highest BCUT2D eigenvalue weighted by atomic mass is 79.9. The predicted molar refractivity (Wildman–Crippen MR) is 70.7 cm³/mol. The van der Waals surface area contributed by atoms with Crippen molar-refractivity contribution in [3.05, 3.63) is 0 Å². The van der Waals surface area contributed by atoms with Crippen molar-refractivity contribution in [3.8, 4) is 0 Å². The Bertz CT molecular complexity index is 327. The third-order valence-electron chi connectivity index (χ3n) is 2.44. The summed E-state index contributed by atoms with van der Waals surface area (Å²) in [5, 5.41) is 0. The number of hydrogen-bond acceptors (Lipinski definition) is 4. The van der Waals surface area contributed by atoms with Crippen molar-refractivity contribution < 1.29 is 19.1 Å². The van der Waals surface area contributed by atoms with Gasteiger partial charge in [-0.25, -0.2) is 9.59 Å². The van der Waals surface area contributed by atoms with E-state index in [1.165, 1.54) is 4.90 Å². The molecule has 0 N–H and O–H groups in total. The Morgan fingerprint density at radius 2 is 2.00 bits per heavy atom. The van der Waals surface area contributed by atoms with E-state index in [1.807, 2.05) is 0 Å². The number of amides is 1. The van der Waals surface area contributed by atoms with Crippen LogP contribution >= 0.6 is 15.9 Å². The van der Waals surface area contributed by atoms with Crippen LogP contribution in [-0.2, 0) is 14.3 Å². The lowest BCUT2D eigenvalue weighted by Gasteiger charge is -2.27. The highest BCUT2D eigenvalue weighted by molar-refractivity contribution is 9.09. The van der Waals surface area contributed by atoms with Crippen molar-refractivity contribution >= 4 is 28.0 Å². The lowest BCUT2D eigenvalue weighted by Crippen LogP contribution is -2.44. The summed E-state index contributed by atoms with van der Waals surface area (Å²) in [4.78, 5) is 25.3. The van der Waals surface area contributed by atoms with E-state index in [-0.39, 0.29) is 10.8 Å². The minimum atomic E-state index is -0.569. The van der Waals surface area contributed by atoms with Gasteiger partial charge in [0.05, 0.1) is 6.61 Å². The topological polar surface area (TPSA) is 55.8 Å². The second kappa shape index (κ2) is 5.91. The number of alkyl halides is 1. The van der Waals surface area contributed by atoms with E-state index in [1.54, 1.807) is 27.7 Å². The standard InChI is InChI=1S/C12H20BrNO4/c1-5-17-10(15)9-6-8(13)7-14(9)11(16)18-12(2,3)4/h8-9H,5-7H2,1-4H3/t8-,9?/m0/s1. The molecule has 0 aromatic carbocycles. The van der Waals surface area contributed by atoms with Crippen LogP contribution in [0.5, 0.6) is 0 Å². The van der Waals surface area contributed by atoms with Crippen molar-refractivity contribution in [3.63, 3.8) is 0 Å². The monoisotopic (exact) mass is 321 g/mol.